The van der Waals surface area contributed by atoms with E-state index < -0.39 is 6.10 Å². The Balaban J connectivity index is 1.96. The van der Waals surface area contributed by atoms with Crippen molar-refractivity contribution in [3.05, 3.63) is 29.8 Å². The van der Waals surface area contributed by atoms with E-state index in [1.165, 1.54) is 12.0 Å². The molecule has 0 unspecified atom stereocenters. The molecule has 0 bridgehead atoms. The van der Waals surface area contributed by atoms with Crippen LogP contribution in [0.4, 0.5) is 0 Å². The average molecular weight is 275 g/mol. The average Bonchev–Trinajstić information content (AvgIpc) is 2.39. The number of piperidine rings is 1. The van der Waals surface area contributed by atoms with E-state index in [-0.39, 0.29) is 5.91 Å². The van der Waals surface area contributed by atoms with Crippen molar-refractivity contribution in [1.82, 2.24) is 4.90 Å². The fourth-order valence-electron chi connectivity index (χ4n) is 2.97. The van der Waals surface area contributed by atoms with Crippen LogP contribution < -0.4 is 4.74 Å². The molecule has 1 fully saturated rings. The van der Waals surface area contributed by atoms with Gasteiger partial charge < -0.3 is 9.64 Å². The Bertz CT molecular complexity index is 445. The van der Waals surface area contributed by atoms with E-state index in [1.807, 2.05) is 43.0 Å². The molecule has 1 amide bonds. The van der Waals surface area contributed by atoms with Gasteiger partial charge in [0.15, 0.2) is 6.10 Å². The monoisotopic (exact) mass is 275 g/mol. The molecule has 0 radical (unpaired) electrons. The highest BCUT2D eigenvalue weighted by Crippen LogP contribution is 2.22. The van der Waals surface area contributed by atoms with Gasteiger partial charge in [0.05, 0.1) is 0 Å². The van der Waals surface area contributed by atoms with E-state index in [2.05, 4.69) is 13.8 Å². The van der Waals surface area contributed by atoms with Gasteiger partial charge in [0.2, 0.25) is 0 Å². The van der Waals surface area contributed by atoms with Crippen LogP contribution in [0.15, 0.2) is 24.3 Å². The molecule has 3 heteroatoms. The Labute approximate surface area is 121 Å². The molecule has 1 aromatic carbocycles. The van der Waals surface area contributed by atoms with Gasteiger partial charge in [-0.1, -0.05) is 31.5 Å². The maximum absolute atomic E-state index is 12.5. The molecule has 0 saturated carbocycles. The van der Waals surface area contributed by atoms with E-state index in [9.17, 15) is 4.79 Å². The van der Waals surface area contributed by atoms with Gasteiger partial charge in [0.25, 0.3) is 5.91 Å². The van der Waals surface area contributed by atoms with Crippen LogP contribution >= 0.6 is 0 Å². The highest BCUT2D eigenvalue weighted by atomic mass is 16.5. The molecule has 3 nitrogen and oxygen atoms in total. The molecule has 0 spiro atoms. The van der Waals surface area contributed by atoms with Crippen molar-refractivity contribution in [1.29, 1.82) is 0 Å². The molecular formula is C17H25NO2. The zero-order valence-corrected chi connectivity index (χ0v) is 12.9. The maximum Gasteiger partial charge on any atom is 0.263 e. The highest BCUT2D eigenvalue weighted by Gasteiger charge is 2.29. The third-order valence-corrected chi connectivity index (χ3v) is 3.86. The first kappa shape index (κ1) is 14.9. The molecule has 3 atom stereocenters. The Morgan fingerprint density at radius 3 is 2.30 bits per heavy atom. The summed E-state index contributed by atoms with van der Waals surface area (Å²) in [6.45, 7) is 10.00. The maximum atomic E-state index is 12.5. The standard InChI is InChI=1S/C17H25NO2/c1-12-5-7-16(8-6-12)20-15(4)17(19)18-10-13(2)9-14(3)11-18/h5-8,13-15H,9-11H2,1-4H3/t13-,14+,15-/m1/s1. The Morgan fingerprint density at radius 1 is 1.20 bits per heavy atom. The smallest absolute Gasteiger partial charge is 0.263 e. The van der Waals surface area contributed by atoms with E-state index in [0.29, 0.717) is 11.8 Å². The van der Waals surface area contributed by atoms with E-state index in [0.717, 1.165) is 18.8 Å². The molecular weight excluding hydrogens is 250 g/mol. The van der Waals surface area contributed by atoms with Crippen LogP contribution in [-0.4, -0.2) is 30.0 Å². The summed E-state index contributed by atoms with van der Waals surface area (Å²) >= 11 is 0. The molecule has 1 aliphatic rings. The minimum absolute atomic E-state index is 0.101. The molecule has 1 aromatic rings. The lowest BCUT2D eigenvalue weighted by molar-refractivity contribution is -0.140. The number of nitrogens with zero attached hydrogens (tertiary/aromatic N) is 1. The first-order chi connectivity index (χ1) is 9.45. The van der Waals surface area contributed by atoms with Crippen LogP contribution in [0.3, 0.4) is 0 Å². The quantitative estimate of drug-likeness (QED) is 0.847. The lowest BCUT2D eigenvalue weighted by Crippen LogP contribution is -2.47. The van der Waals surface area contributed by atoms with Gasteiger partial charge in [-0.05, 0) is 44.2 Å². The predicted octanol–water partition coefficient (Wildman–Crippen LogP) is 3.27. The number of aryl methyl sites for hydroxylation is 1. The molecule has 2 rings (SSSR count). The van der Waals surface area contributed by atoms with Crippen molar-refractivity contribution in [2.45, 2.75) is 40.2 Å². The second-order valence-electron chi connectivity index (χ2n) is 6.26. The van der Waals surface area contributed by atoms with Crippen LogP contribution in [-0.2, 0) is 4.79 Å². The van der Waals surface area contributed by atoms with Crippen LogP contribution in [0, 0.1) is 18.8 Å². The molecule has 0 aromatic heterocycles. The van der Waals surface area contributed by atoms with Gasteiger partial charge in [0.1, 0.15) is 5.75 Å². The summed E-state index contributed by atoms with van der Waals surface area (Å²) in [5.41, 5.74) is 1.19. The lowest BCUT2D eigenvalue weighted by Gasteiger charge is -2.36. The number of carbonyl (C=O) groups excluding carboxylic acids is 1. The molecule has 0 N–H and O–H groups in total. The first-order valence-corrected chi connectivity index (χ1v) is 7.48. The van der Waals surface area contributed by atoms with E-state index in [1.54, 1.807) is 0 Å². The highest BCUT2D eigenvalue weighted by molar-refractivity contribution is 5.81. The number of hydrogen-bond acceptors (Lipinski definition) is 2. The summed E-state index contributed by atoms with van der Waals surface area (Å²) in [5, 5.41) is 0. The number of amides is 1. The molecule has 1 heterocycles. The van der Waals surface area contributed by atoms with Crippen LogP contribution in [0.1, 0.15) is 32.8 Å². The Kier molecular flexibility index (Phi) is 4.69. The fraction of sp³-hybridized carbons (Fsp3) is 0.588. The van der Waals surface area contributed by atoms with Gasteiger partial charge in [-0.25, -0.2) is 0 Å². The van der Waals surface area contributed by atoms with Gasteiger partial charge in [-0.2, -0.15) is 0 Å². The molecule has 1 aliphatic heterocycles. The predicted molar refractivity (Wildman–Crippen MR) is 80.8 cm³/mol. The van der Waals surface area contributed by atoms with Crippen LogP contribution in [0.2, 0.25) is 0 Å². The topological polar surface area (TPSA) is 29.5 Å². The first-order valence-electron chi connectivity index (χ1n) is 7.48. The summed E-state index contributed by atoms with van der Waals surface area (Å²) in [5.74, 6) is 2.02. The second-order valence-corrected chi connectivity index (χ2v) is 6.26. The van der Waals surface area contributed by atoms with Gasteiger partial charge in [-0.3, -0.25) is 4.79 Å². The number of ether oxygens (including phenoxy) is 1. The summed E-state index contributed by atoms with van der Waals surface area (Å²) in [6.07, 6.45) is 0.784. The number of carbonyl (C=O) groups is 1. The van der Waals surface area contributed by atoms with Crippen molar-refractivity contribution in [2.75, 3.05) is 13.1 Å². The van der Waals surface area contributed by atoms with Gasteiger partial charge in [-0.15, -0.1) is 0 Å². The largest absolute Gasteiger partial charge is 0.481 e. The zero-order valence-electron chi connectivity index (χ0n) is 12.9. The number of hydrogen-bond donors (Lipinski definition) is 0. The van der Waals surface area contributed by atoms with Gasteiger partial charge in [0, 0.05) is 13.1 Å². The summed E-state index contributed by atoms with van der Waals surface area (Å²) in [4.78, 5) is 14.4. The van der Waals surface area contributed by atoms with Crippen molar-refractivity contribution in [3.8, 4) is 5.75 Å². The Morgan fingerprint density at radius 2 is 1.75 bits per heavy atom. The second kappa shape index (κ2) is 6.29. The van der Waals surface area contributed by atoms with E-state index >= 15 is 0 Å². The van der Waals surface area contributed by atoms with Gasteiger partial charge >= 0.3 is 0 Å². The minimum atomic E-state index is -0.421. The molecule has 1 saturated heterocycles. The Hall–Kier alpha value is -1.51. The summed E-state index contributed by atoms with van der Waals surface area (Å²) < 4.78 is 5.76. The van der Waals surface area contributed by atoms with Crippen molar-refractivity contribution >= 4 is 5.91 Å². The van der Waals surface area contributed by atoms with E-state index in [4.69, 9.17) is 4.74 Å². The molecule has 20 heavy (non-hydrogen) atoms. The zero-order chi connectivity index (χ0) is 14.7. The number of likely N-dealkylation sites (tertiary alicyclic amines) is 1. The fourth-order valence-corrected chi connectivity index (χ4v) is 2.97. The van der Waals surface area contributed by atoms with Crippen molar-refractivity contribution < 1.29 is 9.53 Å². The normalized spacial score (nSPS) is 24.3. The molecule has 110 valence electrons. The third-order valence-electron chi connectivity index (χ3n) is 3.86. The van der Waals surface area contributed by atoms with Crippen LogP contribution in [0.5, 0.6) is 5.75 Å². The third kappa shape index (κ3) is 3.75. The summed E-state index contributed by atoms with van der Waals surface area (Å²) in [7, 11) is 0. The number of benzene rings is 1. The van der Waals surface area contributed by atoms with Crippen LogP contribution in [0.25, 0.3) is 0 Å². The molecule has 0 aliphatic carbocycles. The summed E-state index contributed by atoms with van der Waals surface area (Å²) in [6, 6.07) is 7.83. The minimum Gasteiger partial charge on any atom is -0.481 e. The lowest BCUT2D eigenvalue weighted by atomic mass is 9.91. The van der Waals surface area contributed by atoms with Crippen molar-refractivity contribution in [2.24, 2.45) is 11.8 Å². The van der Waals surface area contributed by atoms with Crippen molar-refractivity contribution in [3.63, 3.8) is 0 Å². The number of rotatable bonds is 3. The SMILES string of the molecule is Cc1ccc(O[C@H](C)C(=O)N2C[C@H](C)C[C@H](C)C2)cc1.